The quantitative estimate of drug-likeness (QED) is 0.857. The zero-order valence-electron chi connectivity index (χ0n) is 13.7. The van der Waals surface area contributed by atoms with Crippen molar-refractivity contribution in [1.29, 1.82) is 0 Å². The zero-order chi connectivity index (χ0) is 16.4. The average molecular weight is 316 g/mol. The summed E-state index contributed by atoms with van der Waals surface area (Å²) < 4.78 is 1.84. The minimum Gasteiger partial charge on any atom is -0.369 e. The van der Waals surface area contributed by atoms with Crippen LogP contribution < -0.4 is 11.1 Å². The van der Waals surface area contributed by atoms with Gasteiger partial charge in [-0.15, -0.1) is 0 Å². The van der Waals surface area contributed by atoms with Crippen molar-refractivity contribution in [3.8, 4) is 0 Å². The van der Waals surface area contributed by atoms with E-state index < -0.39 is 0 Å². The number of nitrogens with one attached hydrogen (secondary N) is 1. The van der Waals surface area contributed by atoms with Crippen LogP contribution in [0.5, 0.6) is 0 Å². The number of primary amides is 1. The predicted molar refractivity (Wildman–Crippen MR) is 89.3 cm³/mol. The monoisotopic (exact) mass is 316 g/mol. The molecule has 23 heavy (non-hydrogen) atoms. The normalized spacial score (nSPS) is 19.1. The van der Waals surface area contributed by atoms with Crippen LogP contribution in [0.2, 0.25) is 0 Å². The van der Waals surface area contributed by atoms with Crippen LogP contribution in [0.15, 0.2) is 12.1 Å². The Balaban J connectivity index is 1.61. The number of aryl methyl sites for hydroxylation is 2. The van der Waals surface area contributed by atoms with E-state index in [1.54, 1.807) is 0 Å². The van der Waals surface area contributed by atoms with Crippen LogP contribution in [0.25, 0.3) is 5.65 Å². The van der Waals surface area contributed by atoms with E-state index in [2.05, 4.69) is 20.3 Å². The van der Waals surface area contributed by atoms with Gasteiger partial charge in [-0.05, 0) is 33.2 Å². The summed E-state index contributed by atoms with van der Waals surface area (Å²) in [6.07, 6.45) is 1.95. The summed E-state index contributed by atoms with van der Waals surface area (Å²) >= 11 is 0. The highest BCUT2D eigenvalue weighted by Crippen LogP contribution is 2.16. The second kappa shape index (κ2) is 6.54. The lowest BCUT2D eigenvalue weighted by molar-refractivity contribution is -0.123. The Morgan fingerprint density at radius 3 is 3.00 bits per heavy atom. The second-order valence-corrected chi connectivity index (χ2v) is 6.31. The fraction of sp³-hybridized carbons (Fsp3) is 0.562. The number of fused-ring (bicyclic) bond motifs is 1. The number of carbonyl (C=O) groups excluding carboxylic acids is 1. The number of rotatable bonds is 5. The van der Waals surface area contributed by atoms with Crippen LogP contribution in [-0.2, 0) is 4.79 Å². The minimum atomic E-state index is -0.179. The lowest BCUT2D eigenvalue weighted by Gasteiger charge is -2.31. The average Bonchev–Trinajstić information content (AvgIpc) is 2.87. The topological polar surface area (TPSA) is 88.5 Å². The Hall–Kier alpha value is -2.15. The molecular weight excluding hydrogens is 292 g/mol. The molecule has 0 aliphatic carbocycles. The molecule has 7 nitrogen and oxygen atoms in total. The van der Waals surface area contributed by atoms with E-state index in [0.29, 0.717) is 0 Å². The second-order valence-electron chi connectivity index (χ2n) is 6.31. The largest absolute Gasteiger partial charge is 0.369 e. The van der Waals surface area contributed by atoms with Crippen molar-refractivity contribution in [3.63, 3.8) is 0 Å². The van der Waals surface area contributed by atoms with Gasteiger partial charge in [-0.2, -0.15) is 9.61 Å². The highest BCUT2D eigenvalue weighted by Gasteiger charge is 2.23. The van der Waals surface area contributed by atoms with E-state index in [4.69, 9.17) is 5.73 Å². The van der Waals surface area contributed by atoms with Crippen LogP contribution in [0, 0.1) is 19.8 Å². The third-order valence-corrected chi connectivity index (χ3v) is 4.32. The summed E-state index contributed by atoms with van der Waals surface area (Å²) in [6.45, 7) is 7.41. The number of hydrogen-bond donors (Lipinski definition) is 2. The maximum absolute atomic E-state index is 11.3. The molecule has 0 bridgehead atoms. The van der Waals surface area contributed by atoms with E-state index in [-0.39, 0.29) is 11.8 Å². The fourth-order valence-electron chi connectivity index (χ4n) is 3.17. The van der Waals surface area contributed by atoms with Crippen LogP contribution in [0.1, 0.15) is 24.2 Å². The first-order valence-electron chi connectivity index (χ1n) is 8.12. The summed E-state index contributed by atoms with van der Waals surface area (Å²) in [7, 11) is 0. The molecule has 2 aromatic heterocycles. The maximum Gasteiger partial charge on any atom is 0.221 e. The van der Waals surface area contributed by atoms with Crippen molar-refractivity contribution < 1.29 is 4.79 Å². The molecule has 3 rings (SSSR count). The zero-order valence-corrected chi connectivity index (χ0v) is 13.7. The third kappa shape index (κ3) is 3.61. The number of nitrogens with two attached hydrogens (primary N) is 1. The van der Waals surface area contributed by atoms with Gasteiger partial charge in [-0.3, -0.25) is 4.79 Å². The maximum atomic E-state index is 11.3. The van der Waals surface area contributed by atoms with Gasteiger partial charge in [0.25, 0.3) is 0 Å². The van der Waals surface area contributed by atoms with Crippen molar-refractivity contribution in [2.75, 3.05) is 31.5 Å². The number of likely N-dealkylation sites (tertiary alicyclic amines) is 1. The Bertz CT molecular complexity index is 710. The molecule has 0 radical (unpaired) electrons. The van der Waals surface area contributed by atoms with Gasteiger partial charge in [0.15, 0.2) is 5.65 Å². The van der Waals surface area contributed by atoms with E-state index in [0.717, 1.165) is 61.9 Å². The third-order valence-electron chi connectivity index (χ3n) is 4.32. The van der Waals surface area contributed by atoms with Gasteiger partial charge >= 0.3 is 0 Å². The Morgan fingerprint density at radius 1 is 1.39 bits per heavy atom. The number of hydrogen-bond acceptors (Lipinski definition) is 5. The van der Waals surface area contributed by atoms with E-state index in [1.807, 2.05) is 30.5 Å². The van der Waals surface area contributed by atoms with E-state index in [1.165, 1.54) is 0 Å². The van der Waals surface area contributed by atoms with Crippen molar-refractivity contribution in [1.82, 2.24) is 19.5 Å². The Morgan fingerprint density at radius 2 is 2.22 bits per heavy atom. The Kier molecular flexibility index (Phi) is 4.47. The molecule has 1 amide bonds. The van der Waals surface area contributed by atoms with Crippen LogP contribution in [0.3, 0.4) is 0 Å². The Labute approximate surface area is 135 Å². The molecule has 1 aliphatic heterocycles. The van der Waals surface area contributed by atoms with Crippen molar-refractivity contribution in [2.24, 2.45) is 11.7 Å². The lowest BCUT2D eigenvalue weighted by Crippen LogP contribution is -2.42. The van der Waals surface area contributed by atoms with Gasteiger partial charge in [0.2, 0.25) is 5.91 Å². The summed E-state index contributed by atoms with van der Waals surface area (Å²) in [6, 6.07) is 3.97. The number of piperidine rings is 1. The van der Waals surface area contributed by atoms with Gasteiger partial charge in [-0.1, -0.05) is 0 Å². The number of aromatic nitrogens is 3. The highest BCUT2D eigenvalue weighted by molar-refractivity contribution is 5.76. The molecule has 7 heteroatoms. The van der Waals surface area contributed by atoms with Crippen LogP contribution >= 0.6 is 0 Å². The van der Waals surface area contributed by atoms with Gasteiger partial charge in [0.05, 0.1) is 11.6 Å². The molecule has 1 fully saturated rings. The SMILES string of the molecule is Cc1cc(NCCN2CCC[C@H](C(N)=O)C2)n2nc(C)cc2n1. The number of nitrogens with zero attached hydrogens (tertiary/aromatic N) is 4. The summed E-state index contributed by atoms with van der Waals surface area (Å²) in [5.74, 6) is 0.762. The van der Waals surface area contributed by atoms with Gasteiger partial charge < -0.3 is 16.0 Å². The molecule has 3 N–H and O–H groups in total. The number of anilines is 1. The summed E-state index contributed by atoms with van der Waals surface area (Å²) in [4.78, 5) is 18.1. The first-order valence-corrected chi connectivity index (χ1v) is 8.12. The predicted octanol–water partition coefficient (Wildman–Crippen LogP) is 0.955. The van der Waals surface area contributed by atoms with Gasteiger partial charge in [0, 0.05) is 37.5 Å². The molecule has 124 valence electrons. The molecule has 1 aliphatic rings. The molecule has 1 atom stereocenters. The minimum absolute atomic E-state index is 0.00704. The molecule has 0 spiro atoms. The molecule has 0 saturated carbocycles. The highest BCUT2D eigenvalue weighted by atomic mass is 16.1. The lowest BCUT2D eigenvalue weighted by atomic mass is 9.97. The molecule has 3 heterocycles. The standard InChI is InChI=1S/C16H24N6O/c1-11-8-14(22-15(19-11)9-12(2)20-22)18-5-7-21-6-3-4-13(10-21)16(17)23/h8-9,13,18H,3-7,10H2,1-2H3,(H2,17,23)/t13-/m0/s1. The summed E-state index contributed by atoms with van der Waals surface area (Å²) in [5.41, 5.74) is 8.20. The van der Waals surface area contributed by atoms with E-state index in [9.17, 15) is 4.79 Å². The van der Waals surface area contributed by atoms with Crippen LogP contribution in [-0.4, -0.2) is 51.6 Å². The molecular formula is C16H24N6O. The fourth-order valence-corrected chi connectivity index (χ4v) is 3.17. The van der Waals surface area contributed by atoms with Crippen molar-refractivity contribution in [2.45, 2.75) is 26.7 Å². The van der Waals surface area contributed by atoms with Gasteiger partial charge in [-0.25, -0.2) is 4.98 Å². The van der Waals surface area contributed by atoms with Crippen LogP contribution in [0.4, 0.5) is 5.82 Å². The van der Waals surface area contributed by atoms with Gasteiger partial charge in [0.1, 0.15) is 5.82 Å². The molecule has 0 unspecified atom stereocenters. The molecule has 2 aromatic rings. The van der Waals surface area contributed by atoms with E-state index >= 15 is 0 Å². The molecule has 0 aromatic carbocycles. The van der Waals surface area contributed by atoms with Crippen molar-refractivity contribution in [3.05, 3.63) is 23.5 Å². The number of carbonyl (C=O) groups is 1. The molecule has 1 saturated heterocycles. The van der Waals surface area contributed by atoms with Crippen molar-refractivity contribution >= 4 is 17.4 Å². The first-order chi connectivity index (χ1) is 11.0. The smallest absolute Gasteiger partial charge is 0.221 e. The summed E-state index contributed by atoms with van der Waals surface area (Å²) in [5, 5.41) is 7.91. The number of amides is 1. The first kappa shape index (κ1) is 15.7.